The Labute approximate surface area is 225 Å². The van der Waals surface area contributed by atoms with Gasteiger partial charge in [-0.15, -0.1) is 0 Å². The van der Waals surface area contributed by atoms with Gasteiger partial charge in [-0.1, -0.05) is 0 Å². The molecule has 1 saturated heterocycles. The first-order valence-electron chi connectivity index (χ1n) is 12.6. The molecule has 1 fully saturated rings. The molecule has 3 N–H and O–H groups in total. The Morgan fingerprint density at radius 3 is 2.30 bits per heavy atom. The maximum absolute atomic E-state index is 14.0. The number of carbonyl (C=O) groups is 3. The number of aromatic nitrogens is 2. The third-order valence-corrected chi connectivity index (χ3v) is 7.17. The van der Waals surface area contributed by atoms with Gasteiger partial charge in [-0.2, -0.15) is 13.2 Å². The Morgan fingerprint density at radius 2 is 1.68 bits per heavy atom. The van der Waals surface area contributed by atoms with E-state index in [0.29, 0.717) is 38.1 Å². The summed E-state index contributed by atoms with van der Waals surface area (Å²) in [6, 6.07) is 0.0575. The number of likely N-dealkylation sites (tertiary alicyclic amines) is 1. The van der Waals surface area contributed by atoms with E-state index in [-0.39, 0.29) is 55.5 Å². The first kappa shape index (κ1) is 29.4. The molecule has 1 aromatic carbocycles. The molecule has 2 aliphatic rings. The molecule has 0 bridgehead atoms. The van der Waals surface area contributed by atoms with E-state index in [4.69, 9.17) is 5.73 Å². The molecule has 0 unspecified atom stereocenters. The van der Waals surface area contributed by atoms with Crippen molar-refractivity contribution in [3.63, 3.8) is 0 Å². The molecular weight excluding hydrogens is 546 g/mol. The summed E-state index contributed by atoms with van der Waals surface area (Å²) in [5.41, 5.74) is 5.72. The summed E-state index contributed by atoms with van der Waals surface area (Å²) < 4.78 is 82.7. The van der Waals surface area contributed by atoms with Gasteiger partial charge in [0.1, 0.15) is 5.82 Å². The van der Waals surface area contributed by atoms with E-state index in [0.717, 1.165) is 4.57 Å². The normalized spacial score (nSPS) is 17.0. The van der Waals surface area contributed by atoms with E-state index in [1.54, 1.807) is 4.90 Å². The molecule has 3 amide bonds. The fourth-order valence-corrected chi connectivity index (χ4v) is 5.00. The lowest BCUT2D eigenvalue weighted by molar-refractivity contribution is -0.148. The van der Waals surface area contributed by atoms with Gasteiger partial charge in [0.15, 0.2) is 17.5 Å². The van der Waals surface area contributed by atoms with E-state index < -0.39 is 53.2 Å². The van der Waals surface area contributed by atoms with Gasteiger partial charge in [0.25, 0.3) is 0 Å². The van der Waals surface area contributed by atoms with Crippen molar-refractivity contribution in [2.24, 2.45) is 11.7 Å². The van der Waals surface area contributed by atoms with Gasteiger partial charge in [0.05, 0.1) is 12.2 Å². The second-order valence-electron chi connectivity index (χ2n) is 9.99. The van der Waals surface area contributed by atoms with Gasteiger partial charge in [0, 0.05) is 57.5 Å². The van der Waals surface area contributed by atoms with Crippen LogP contribution in [0, 0.1) is 23.4 Å². The van der Waals surface area contributed by atoms with Crippen LogP contribution in [0.2, 0.25) is 0 Å². The van der Waals surface area contributed by atoms with Crippen LogP contribution < -0.4 is 11.1 Å². The highest BCUT2D eigenvalue weighted by atomic mass is 19.4. The zero-order valence-corrected chi connectivity index (χ0v) is 21.5. The zero-order valence-electron chi connectivity index (χ0n) is 21.5. The highest BCUT2D eigenvalue weighted by Crippen LogP contribution is 2.35. The van der Waals surface area contributed by atoms with Crippen molar-refractivity contribution < 1.29 is 40.7 Å². The number of alkyl halides is 3. The predicted octanol–water partition coefficient (Wildman–Crippen LogP) is 2.82. The number of nitrogens with two attached hydrogens (primary N) is 1. The van der Waals surface area contributed by atoms with Crippen molar-refractivity contribution >= 4 is 23.5 Å². The molecule has 3 heterocycles. The lowest BCUT2D eigenvalue weighted by Gasteiger charge is -2.31. The van der Waals surface area contributed by atoms with Crippen molar-refractivity contribution in [2.75, 3.05) is 25.0 Å². The Hall–Kier alpha value is -3.62. The fraction of sp³-hybridized carbons (Fsp3) is 0.520. The number of anilines is 1. The summed E-state index contributed by atoms with van der Waals surface area (Å²) in [5, 5.41) is 2.48. The standard InChI is InChI=1S/C25H28F6N6O3/c1-13(38)35-4-2-14(3-5-35)23(40)33-22-20-12-36(6-7-37(20)24(34-22)25(29,30)31)21(39)10-16(32)8-15-9-18(27)19(28)11-17(15)26/h9,11,14,16H,2-8,10,12,32H2,1H3,(H,33,40)/t16-/m1/s1. The van der Waals surface area contributed by atoms with Crippen LogP contribution >= 0.6 is 0 Å². The second-order valence-corrected chi connectivity index (χ2v) is 9.99. The minimum atomic E-state index is -4.81. The van der Waals surface area contributed by atoms with Crippen LogP contribution in [0.25, 0.3) is 0 Å². The number of piperidine rings is 1. The van der Waals surface area contributed by atoms with E-state index >= 15 is 0 Å². The smallest absolute Gasteiger partial charge is 0.343 e. The number of halogens is 6. The average molecular weight is 575 g/mol. The number of imidazole rings is 1. The van der Waals surface area contributed by atoms with Gasteiger partial charge in [-0.3, -0.25) is 14.4 Å². The summed E-state index contributed by atoms with van der Waals surface area (Å²) in [5.74, 6) is -6.90. The lowest BCUT2D eigenvalue weighted by atomic mass is 9.96. The molecule has 218 valence electrons. The van der Waals surface area contributed by atoms with Crippen LogP contribution in [0.15, 0.2) is 12.1 Å². The fourth-order valence-electron chi connectivity index (χ4n) is 5.00. The van der Waals surface area contributed by atoms with Crippen LogP contribution in [0.1, 0.15) is 43.3 Å². The SMILES string of the molecule is CC(=O)N1CCC(C(=O)Nc2nc(C(F)(F)F)n3c2CN(C(=O)C[C@H](N)Cc2cc(F)c(F)cc2F)CC3)CC1. The molecule has 0 spiro atoms. The van der Waals surface area contributed by atoms with Gasteiger partial charge in [0.2, 0.25) is 23.5 Å². The van der Waals surface area contributed by atoms with Crippen LogP contribution in [-0.2, 0) is 40.1 Å². The first-order chi connectivity index (χ1) is 18.7. The van der Waals surface area contributed by atoms with Gasteiger partial charge >= 0.3 is 6.18 Å². The Kier molecular flexibility index (Phi) is 8.42. The second kappa shape index (κ2) is 11.5. The summed E-state index contributed by atoms with van der Waals surface area (Å²) in [6.45, 7) is 1.46. The van der Waals surface area contributed by atoms with Crippen molar-refractivity contribution in [2.45, 2.75) is 57.9 Å². The van der Waals surface area contributed by atoms with Crippen LogP contribution in [-0.4, -0.2) is 62.7 Å². The molecule has 1 atom stereocenters. The molecule has 1 aromatic heterocycles. The monoisotopic (exact) mass is 574 g/mol. The molecule has 40 heavy (non-hydrogen) atoms. The van der Waals surface area contributed by atoms with Crippen molar-refractivity contribution in [1.82, 2.24) is 19.4 Å². The van der Waals surface area contributed by atoms with Gasteiger partial charge in [-0.25, -0.2) is 18.2 Å². The first-order valence-corrected chi connectivity index (χ1v) is 12.6. The summed E-state index contributed by atoms with van der Waals surface area (Å²) in [7, 11) is 0. The maximum Gasteiger partial charge on any atom is 0.449 e. The molecule has 4 rings (SSSR count). The van der Waals surface area contributed by atoms with E-state index in [2.05, 4.69) is 10.3 Å². The molecule has 2 aromatic rings. The van der Waals surface area contributed by atoms with E-state index in [9.17, 15) is 40.7 Å². The number of hydrogen-bond acceptors (Lipinski definition) is 5. The molecule has 0 aliphatic carbocycles. The minimum absolute atomic E-state index is 0.0123. The average Bonchev–Trinajstić information content (AvgIpc) is 3.25. The topological polar surface area (TPSA) is 114 Å². The summed E-state index contributed by atoms with van der Waals surface area (Å²) in [6.07, 6.45) is -4.74. The highest BCUT2D eigenvalue weighted by Gasteiger charge is 2.41. The molecule has 15 heteroatoms. The van der Waals surface area contributed by atoms with Crippen molar-refractivity contribution in [3.8, 4) is 0 Å². The number of nitrogens with zero attached hydrogens (tertiary/aromatic N) is 4. The molecular formula is C25H28F6N6O3. The summed E-state index contributed by atoms with van der Waals surface area (Å²) >= 11 is 0. The van der Waals surface area contributed by atoms with Crippen LogP contribution in [0.5, 0.6) is 0 Å². The molecule has 0 radical (unpaired) electrons. The number of amides is 3. The Balaban J connectivity index is 1.46. The Bertz CT molecular complexity index is 1300. The van der Waals surface area contributed by atoms with Gasteiger partial charge < -0.3 is 25.4 Å². The third kappa shape index (κ3) is 6.40. The number of fused-ring (bicyclic) bond motifs is 1. The molecule has 9 nitrogen and oxygen atoms in total. The molecule has 2 aliphatic heterocycles. The predicted molar refractivity (Wildman–Crippen MR) is 129 cm³/mol. The quantitative estimate of drug-likeness (QED) is 0.407. The lowest BCUT2D eigenvalue weighted by Crippen LogP contribution is -2.42. The highest BCUT2D eigenvalue weighted by molar-refractivity contribution is 5.92. The Morgan fingerprint density at radius 1 is 1.02 bits per heavy atom. The largest absolute Gasteiger partial charge is 0.449 e. The van der Waals surface area contributed by atoms with Crippen LogP contribution in [0.4, 0.5) is 32.2 Å². The maximum atomic E-state index is 14.0. The van der Waals surface area contributed by atoms with E-state index in [1.165, 1.54) is 11.8 Å². The number of rotatable bonds is 6. The third-order valence-electron chi connectivity index (χ3n) is 7.17. The summed E-state index contributed by atoms with van der Waals surface area (Å²) in [4.78, 5) is 43.8. The van der Waals surface area contributed by atoms with Crippen molar-refractivity contribution in [3.05, 3.63) is 46.7 Å². The van der Waals surface area contributed by atoms with Gasteiger partial charge in [-0.05, 0) is 30.9 Å². The zero-order chi connectivity index (χ0) is 29.4. The van der Waals surface area contributed by atoms with E-state index in [1.807, 2.05) is 0 Å². The number of benzene rings is 1. The number of nitrogens with one attached hydrogen (secondary N) is 1. The molecule has 0 saturated carbocycles. The number of carbonyl (C=O) groups excluding carboxylic acids is 3. The van der Waals surface area contributed by atoms with Crippen LogP contribution in [0.3, 0.4) is 0 Å². The number of hydrogen-bond donors (Lipinski definition) is 2. The van der Waals surface area contributed by atoms with Crippen molar-refractivity contribution in [1.29, 1.82) is 0 Å². The minimum Gasteiger partial charge on any atom is -0.343 e.